The minimum absolute atomic E-state index is 0.0310. The van der Waals surface area contributed by atoms with Crippen molar-refractivity contribution in [3.05, 3.63) is 59.7 Å². The van der Waals surface area contributed by atoms with E-state index in [0.717, 1.165) is 23.4 Å². The maximum absolute atomic E-state index is 12.4. The SMILES string of the molecule is [2H]C1([2H])CN(c2ccc(C(C)(C)C)cc2)CC([2H])([2H])C1c1ccc(OC(F)(F)F)cc1. The number of alkyl halides is 3. The first-order valence-electron chi connectivity index (χ1n) is 10.8. The number of hydrogen-bond acceptors (Lipinski definition) is 2. The van der Waals surface area contributed by atoms with Gasteiger partial charge in [-0.1, -0.05) is 45.0 Å². The van der Waals surface area contributed by atoms with Crippen molar-refractivity contribution in [1.29, 1.82) is 0 Å². The highest BCUT2D eigenvalue weighted by molar-refractivity contribution is 5.49. The van der Waals surface area contributed by atoms with Crippen LogP contribution in [-0.2, 0) is 5.41 Å². The fourth-order valence-electron chi connectivity index (χ4n) is 2.98. The molecule has 2 aromatic carbocycles. The molecule has 1 heterocycles. The maximum Gasteiger partial charge on any atom is 0.573 e. The Kier molecular flexibility index (Phi) is 4.09. The first-order chi connectivity index (χ1) is 14.1. The Morgan fingerprint density at radius 2 is 1.48 bits per heavy atom. The lowest BCUT2D eigenvalue weighted by Gasteiger charge is -2.34. The van der Waals surface area contributed by atoms with Gasteiger partial charge in [-0.2, -0.15) is 0 Å². The Labute approximate surface area is 164 Å². The fourth-order valence-corrected chi connectivity index (χ4v) is 2.98. The normalized spacial score (nSPS) is 22.4. The predicted octanol–water partition coefficient (Wildman–Crippen LogP) is 6.27. The van der Waals surface area contributed by atoms with Crippen molar-refractivity contribution in [2.45, 2.75) is 51.2 Å². The van der Waals surface area contributed by atoms with Crippen molar-refractivity contribution < 1.29 is 23.4 Å². The van der Waals surface area contributed by atoms with Gasteiger partial charge in [0.2, 0.25) is 0 Å². The number of ether oxygens (including phenoxy) is 1. The Bertz CT molecular complexity index is 888. The van der Waals surface area contributed by atoms with Crippen molar-refractivity contribution in [2.24, 2.45) is 0 Å². The van der Waals surface area contributed by atoms with Crippen LogP contribution in [0.1, 0.15) is 56.0 Å². The molecule has 0 radical (unpaired) electrons. The second kappa shape index (κ2) is 7.45. The summed E-state index contributed by atoms with van der Waals surface area (Å²) >= 11 is 0. The monoisotopic (exact) mass is 381 g/mol. The molecule has 1 aliphatic rings. The summed E-state index contributed by atoms with van der Waals surface area (Å²) in [5.41, 5.74) is 2.12. The summed E-state index contributed by atoms with van der Waals surface area (Å²) in [5, 5.41) is 0. The van der Waals surface area contributed by atoms with Crippen molar-refractivity contribution in [1.82, 2.24) is 0 Å². The highest BCUT2D eigenvalue weighted by Crippen LogP contribution is 2.33. The Balaban J connectivity index is 1.85. The second-order valence-electron chi connectivity index (χ2n) is 7.61. The standard InChI is InChI=1S/C22H26F3NO/c1-21(2,3)18-6-8-19(9-7-18)26-14-12-17(13-15-26)16-4-10-20(11-5-16)27-22(23,24)25/h4-11,17H,12-15H2,1-3H3/i12D2,13D2. The van der Waals surface area contributed by atoms with E-state index in [1.165, 1.54) is 12.1 Å². The van der Waals surface area contributed by atoms with Gasteiger partial charge in [0.1, 0.15) is 5.75 Å². The van der Waals surface area contributed by atoms with Gasteiger partial charge in [-0.3, -0.25) is 0 Å². The number of benzene rings is 2. The number of anilines is 1. The zero-order valence-corrected chi connectivity index (χ0v) is 15.6. The van der Waals surface area contributed by atoms with E-state index < -0.39 is 30.8 Å². The van der Waals surface area contributed by atoms with Gasteiger partial charge in [0, 0.05) is 24.3 Å². The zero-order valence-electron chi connectivity index (χ0n) is 19.6. The van der Waals surface area contributed by atoms with E-state index in [4.69, 9.17) is 5.48 Å². The highest BCUT2D eigenvalue weighted by Gasteiger charge is 2.31. The maximum atomic E-state index is 12.4. The first kappa shape index (κ1) is 14.8. The molecule has 0 saturated carbocycles. The Morgan fingerprint density at radius 1 is 0.926 bits per heavy atom. The third-order valence-electron chi connectivity index (χ3n) is 4.52. The lowest BCUT2D eigenvalue weighted by atomic mass is 9.86. The summed E-state index contributed by atoms with van der Waals surface area (Å²) in [5.74, 6) is -1.56. The Hall–Kier alpha value is -2.17. The second-order valence-corrected chi connectivity index (χ2v) is 7.61. The topological polar surface area (TPSA) is 12.5 Å². The van der Waals surface area contributed by atoms with Gasteiger partial charge in [-0.15, -0.1) is 13.2 Å². The average molecular weight is 381 g/mol. The van der Waals surface area contributed by atoms with Crippen LogP contribution in [0, 0.1) is 0 Å². The van der Waals surface area contributed by atoms with Crippen LogP contribution in [0.3, 0.4) is 0 Å². The number of nitrogens with zero attached hydrogens (tertiary/aromatic N) is 1. The smallest absolute Gasteiger partial charge is 0.406 e. The van der Waals surface area contributed by atoms with Gasteiger partial charge in [0.05, 0.1) is 0 Å². The van der Waals surface area contributed by atoms with E-state index in [-0.39, 0.29) is 18.5 Å². The molecule has 1 saturated heterocycles. The van der Waals surface area contributed by atoms with Crippen LogP contribution in [0.25, 0.3) is 0 Å². The summed E-state index contributed by atoms with van der Waals surface area (Å²) in [6.45, 7) is 6.21. The summed E-state index contributed by atoms with van der Waals surface area (Å²) in [6.07, 6.45) is -8.72. The third-order valence-corrected chi connectivity index (χ3v) is 4.52. The molecule has 0 unspecified atom stereocenters. The molecule has 0 N–H and O–H groups in total. The summed E-state index contributed by atoms with van der Waals surface area (Å²) in [6, 6.07) is 12.5. The van der Waals surface area contributed by atoms with Gasteiger partial charge in [-0.05, 0) is 59.5 Å². The van der Waals surface area contributed by atoms with Gasteiger partial charge >= 0.3 is 6.36 Å². The molecule has 2 nitrogen and oxygen atoms in total. The molecule has 0 aliphatic carbocycles. The van der Waals surface area contributed by atoms with Crippen LogP contribution in [-0.4, -0.2) is 19.5 Å². The third kappa shape index (κ3) is 5.18. The van der Waals surface area contributed by atoms with E-state index in [1.54, 1.807) is 4.90 Å². The number of rotatable bonds is 3. The van der Waals surface area contributed by atoms with Crippen molar-refractivity contribution >= 4 is 5.69 Å². The summed E-state index contributed by atoms with van der Waals surface area (Å²) in [7, 11) is 0. The van der Waals surface area contributed by atoms with Crippen molar-refractivity contribution in [3.63, 3.8) is 0 Å². The number of piperidine rings is 1. The van der Waals surface area contributed by atoms with Gasteiger partial charge in [-0.25, -0.2) is 0 Å². The lowest BCUT2D eigenvalue weighted by Crippen LogP contribution is -2.32. The molecule has 3 rings (SSSR count). The van der Waals surface area contributed by atoms with E-state index in [0.29, 0.717) is 5.56 Å². The van der Waals surface area contributed by atoms with E-state index >= 15 is 0 Å². The van der Waals surface area contributed by atoms with Crippen molar-refractivity contribution in [3.8, 4) is 5.75 Å². The lowest BCUT2D eigenvalue weighted by molar-refractivity contribution is -0.274. The molecule has 0 atom stereocenters. The molecule has 27 heavy (non-hydrogen) atoms. The molecule has 2 aromatic rings. The minimum Gasteiger partial charge on any atom is -0.406 e. The number of halogens is 3. The van der Waals surface area contributed by atoms with E-state index in [1.807, 2.05) is 24.3 Å². The van der Waals surface area contributed by atoms with Crippen LogP contribution >= 0.6 is 0 Å². The van der Waals surface area contributed by atoms with Crippen LogP contribution in [0.5, 0.6) is 5.75 Å². The molecule has 5 heteroatoms. The molecular formula is C22H26F3NO. The zero-order chi connectivity index (χ0) is 23.2. The minimum atomic E-state index is -4.82. The number of hydrogen-bond donors (Lipinski definition) is 0. The molecule has 0 aromatic heterocycles. The van der Waals surface area contributed by atoms with Gasteiger partial charge in [0.25, 0.3) is 0 Å². The molecular weight excluding hydrogens is 351 g/mol. The molecule has 1 fully saturated rings. The molecule has 1 aliphatic heterocycles. The molecule has 0 bridgehead atoms. The Morgan fingerprint density at radius 3 is 1.96 bits per heavy atom. The van der Waals surface area contributed by atoms with Crippen LogP contribution in [0.2, 0.25) is 0 Å². The fraction of sp³-hybridized carbons (Fsp3) is 0.455. The first-order valence-corrected chi connectivity index (χ1v) is 8.80. The quantitative estimate of drug-likeness (QED) is 0.621. The molecule has 0 spiro atoms. The largest absolute Gasteiger partial charge is 0.573 e. The van der Waals surface area contributed by atoms with E-state index in [9.17, 15) is 13.2 Å². The predicted molar refractivity (Wildman–Crippen MR) is 102 cm³/mol. The van der Waals surface area contributed by atoms with Crippen LogP contribution in [0.4, 0.5) is 18.9 Å². The van der Waals surface area contributed by atoms with Gasteiger partial charge < -0.3 is 9.64 Å². The van der Waals surface area contributed by atoms with Crippen LogP contribution in [0.15, 0.2) is 48.5 Å². The summed E-state index contributed by atoms with van der Waals surface area (Å²) in [4.78, 5) is 1.68. The van der Waals surface area contributed by atoms with Crippen LogP contribution < -0.4 is 9.64 Å². The highest BCUT2D eigenvalue weighted by atomic mass is 19.4. The molecule has 146 valence electrons. The summed E-state index contributed by atoms with van der Waals surface area (Å²) < 4.78 is 75.3. The van der Waals surface area contributed by atoms with Gasteiger partial charge in [0.15, 0.2) is 0 Å². The van der Waals surface area contributed by atoms with Crippen molar-refractivity contribution in [2.75, 3.05) is 18.0 Å². The average Bonchev–Trinajstić information content (AvgIpc) is 2.59. The molecule has 0 amide bonds. The van der Waals surface area contributed by atoms with E-state index in [2.05, 4.69) is 25.5 Å².